The molecule has 0 bridgehead atoms. The van der Waals surface area contributed by atoms with Gasteiger partial charge in [0.1, 0.15) is 5.76 Å². The highest BCUT2D eigenvalue weighted by molar-refractivity contribution is 6.10. The van der Waals surface area contributed by atoms with Gasteiger partial charge in [-0.2, -0.15) is 0 Å². The molecule has 0 aliphatic rings. The van der Waals surface area contributed by atoms with E-state index in [0.717, 1.165) is 41.9 Å². The molecule has 7 rings (SSSR count). The highest BCUT2D eigenvalue weighted by Crippen LogP contribution is 2.38. The third-order valence-electron chi connectivity index (χ3n) is 9.12. The standard InChI is InChI=1S/C43H40N2O2/c1-2-3-4-5-6-13-28-44-41-25-20-33(29-39(41)40-30-34(21-26-42(40)44)43-27-24-38(31-46)47-43)32-18-22-37(23-19-32)45(35-14-9-7-10-15-35)36-16-11-8-12-17-36/h7-12,14-27,29-31H,2-6,13,28H2,1H3. The SMILES string of the molecule is CCCCCCCCn1c2ccc(-c3ccc(N(c4ccccc4)c4ccccc4)cc3)cc2c2cc(-c3ccc(C=O)o3)ccc21. The van der Waals surface area contributed by atoms with Crippen LogP contribution in [0.15, 0.2) is 138 Å². The number of benzene rings is 5. The van der Waals surface area contributed by atoms with E-state index in [-0.39, 0.29) is 0 Å². The van der Waals surface area contributed by atoms with E-state index in [1.54, 1.807) is 6.07 Å². The molecule has 0 radical (unpaired) electrons. The Bertz CT molecular complexity index is 2050. The van der Waals surface area contributed by atoms with E-state index in [9.17, 15) is 4.79 Å². The summed E-state index contributed by atoms with van der Waals surface area (Å²) in [6, 6.07) is 46.9. The maximum Gasteiger partial charge on any atom is 0.185 e. The number of aromatic nitrogens is 1. The molecule has 47 heavy (non-hydrogen) atoms. The van der Waals surface area contributed by atoms with Crippen molar-refractivity contribution in [3.63, 3.8) is 0 Å². The largest absolute Gasteiger partial charge is 0.453 e. The summed E-state index contributed by atoms with van der Waals surface area (Å²) in [6.07, 6.45) is 8.35. The monoisotopic (exact) mass is 616 g/mol. The third-order valence-corrected chi connectivity index (χ3v) is 9.12. The van der Waals surface area contributed by atoms with Crippen molar-refractivity contribution in [2.45, 2.75) is 52.0 Å². The van der Waals surface area contributed by atoms with E-state index < -0.39 is 0 Å². The van der Waals surface area contributed by atoms with Gasteiger partial charge in [-0.05, 0) is 96.4 Å². The van der Waals surface area contributed by atoms with Gasteiger partial charge in [-0.1, -0.05) is 93.6 Å². The Labute approximate surface area is 276 Å². The molecule has 4 nitrogen and oxygen atoms in total. The van der Waals surface area contributed by atoms with Crippen molar-refractivity contribution in [2.24, 2.45) is 0 Å². The second-order valence-electron chi connectivity index (χ2n) is 12.3. The normalized spacial score (nSPS) is 11.3. The zero-order valence-electron chi connectivity index (χ0n) is 26.9. The molecule has 0 spiro atoms. The number of carbonyl (C=O) groups excluding carboxylic acids is 1. The second-order valence-corrected chi connectivity index (χ2v) is 12.3. The number of aryl methyl sites for hydroxylation is 1. The zero-order valence-corrected chi connectivity index (χ0v) is 26.9. The number of aldehydes is 1. The van der Waals surface area contributed by atoms with Gasteiger partial charge >= 0.3 is 0 Å². The summed E-state index contributed by atoms with van der Waals surface area (Å²) in [5.74, 6) is 1.05. The van der Waals surface area contributed by atoms with Gasteiger partial charge in [-0.3, -0.25) is 4.79 Å². The van der Waals surface area contributed by atoms with Gasteiger partial charge in [0.05, 0.1) is 0 Å². The van der Waals surface area contributed by atoms with Crippen LogP contribution in [0.25, 0.3) is 44.3 Å². The number of hydrogen-bond donors (Lipinski definition) is 0. The molecule has 0 fully saturated rings. The molecular weight excluding hydrogens is 576 g/mol. The first-order valence-corrected chi connectivity index (χ1v) is 16.9. The molecular formula is C43H40N2O2. The summed E-state index contributed by atoms with van der Waals surface area (Å²) in [6.45, 7) is 3.26. The van der Waals surface area contributed by atoms with Gasteiger partial charge in [-0.15, -0.1) is 0 Å². The van der Waals surface area contributed by atoms with Crippen molar-refractivity contribution < 1.29 is 9.21 Å². The quantitative estimate of drug-likeness (QED) is 0.0955. The van der Waals surface area contributed by atoms with E-state index in [0.29, 0.717) is 11.5 Å². The van der Waals surface area contributed by atoms with Gasteiger partial charge < -0.3 is 13.9 Å². The van der Waals surface area contributed by atoms with Crippen molar-refractivity contribution in [1.82, 2.24) is 4.57 Å². The molecule has 4 heteroatoms. The van der Waals surface area contributed by atoms with Gasteiger partial charge in [0.15, 0.2) is 12.0 Å². The molecule has 2 heterocycles. The Hall–Kier alpha value is -5.35. The zero-order chi connectivity index (χ0) is 32.0. The van der Waals surface area contributed by atoms with Gasteiger partial charge in [0.25, 0.3) is 0 Å². The topological polar surface area (TPSA) is 38.4 Å². The number of anilines is 3. The Morgan fingerprint density at radius 2 is 1.13 bits per heavy atom. The molecule has 5 aromatic carbocycles. The lowest BCUT2D eigenvalue weighted by molar-refractivity contribution is 0.110. The van der Waals surface area contributed by atoms with Crippen molar-refractivity contribution in [2.75, 3.05) is 4.90 Å². The summed E-state index contributed by atoms with van der Waals surface area (Å²) in [4.78, 5) is 13.6. The Morgan fingerprint density at radius 1 is 0.574 bits per heavy atom. The maximum absolute atomic E-state index is 11.3. The van der Waals surface area contributed by atoms with Crippen molar-refractivity contribution in [1.29, 1.82) is 0 Å². The van der Waals surface area contributed by atoms with E-state index in [2.05, 4.69) is 138 Å². The van der Waals surface area contributed by atoms with Crippen LogP contribution in [-0.2, 0) is 6.54 Å². The maximum atomic E-state index is 11.3. The number of fused-ring (bicyclic) bond motifs is 3. The average Bonchev–Trinajstić information content (AvgIpc) is 3.74. The van der Waals surface area contributed by atoms with Crippen LogP contribution in [0.2, 0.25) is 0 Å². The molecule has 0 N–H and O–H groups in total. The predicted octanol–water partition coefficient (Wildman–Crippen LogP) is 12.4. The van der Waals surface area contributed by atoms with Crippen LogP contribution < -0.4 is 4.90 Å². The molecule has 2 aromatic heterocycles. The van der Waals surface area contributed by atoms with Crippen LogP contribution in [0.5, 0.6) is 0 Å². The van der Waals surface area contributed by atoms with Crippen molar-refractivity contribution >= 4 is 45.2 Å². The first-order valence-electron chi connectivity index (χ1n) is 16.9. The number of carbonyl (C=O) groups is 1. The van der Waals surface area contributed by atoms with Gasteiger partial charge in [0.2, 0.25) is 0 Å². The first-order chi connectivity index (χ1) is 23.2. The molecule has 234 valence electrons. The molecule has 0 saturated heterocycles. The van der Waals surface area contributed by atoms with Crippen LogP contribution in [-0.4, -0.2) is 10.9 Å². The minimum absolute atomic E-state index is 0.342. The highest BCUT2D eigenvalue weighted by atomic mass is 16.3. The highest BCUT2D eigenvalue weighted by Gasteiger charge is 2.16. The lowest BCUT2D eigenvalue weighted by Crippen LogP contribution is -2.09. The van der Waals surface area contributed by atoms with Crippen LogP contribution in [0, 0.1) is 0 Å². The molecule has 0 aliphatic carbocycles. The molecule has 0 unspecified atom stereocenters. The number of hydrogen-bond acceptors (Lipinski definition) is 3. The van der Waals surface area contributed by atoms with Gasteiger partial charge in [0, 0.05) is 51.0 Å². The van der Waals surface area contributed by atoms with E-state index >= 15 is 0 Å². The smallest absolute Gasteiger partial charge is 0.185 e. The minimum atomic E-state index is 0.342. The van der Waals surface area contributed by atoms with E-state index in [1.165, 1.54) is 65.0 Å². The Kier molecular flexibility index (Phi) is 9.01. The molecule has 7 aromatic rings. The minimum Gasteiger partial charge on any atom is -0.453 e. The van der Waals surface area contributed by atoms with Crippen molar-refractivity contribution in [3.8, 4) is 22.5 Å². The predicted molar refractivity (Wildman–Crippen MR) is 196 cm³/mol. The van der Waals surface area contributed by atoms with Crippen LogP contribution in [0.1, 0.15) is 56.0 Å². The first kappa shape index (κ1) is 30.3. The Morgan fingerprint density at radius 3 is 1.74 bits per heavy atom. The number of furan rings is 1. The summed E-state index contributed by atoms with van der Waals surface area (Å²) >= 11 is 0. The molecule has 0 aliphatic heterocycles. The Balaban J connectivity index is 1.26. The third kappa shape index (κ3) is 6.37. The lowest BCUT2D eigenvalue weighted by atomic mass is 10.0. The lowest BCUT2D eigenvalue weighted by Gasteiger charge is -2.25. The number of para-hydroxylation sites is 2. The second kappa shape index (κ2) is 14.0. The van der Waals surface area contributed by atoms with E-state index in [4.69, 9.17) is 4.42 Å². The summed E-state index contributed by atoms with van der Waals surface area (Å²) in [5.41, 5.74) is 9.16. The van der Waals surface area contributed by atoms with Crippen molar-refractivity contribution in [3.05, 3.63) is 139 Å². The fraction of sp³-hybridized carbons (Fsp3) is 0.186. The summed E-state index contributed by atoms with van der Waals surface area (Å²) < 4.78 is 8.29. The molecule has 0 saturated carbocycles. The van der Waals surface area contributed by atoms with Gasteiger partial charge in [-0.25, -0.2) is 0 Å². The number of nitrogens with zero attached hydrogens (tertiary/aromatic N) is 2. The van der Waals surface area contributed by atoms with Crippen LogP contribution >= 0.6 is 0 Å². The van der Waals surface area contributed by atoms with Crippen LogP contribution in [0.3, 0.4) is 0 Å². The molecule has 0 amide bonds. The fourth-order valence-electron chi connectivity index (χ4n) is 6.70. The summed E-state index contributed by atoms with van der Waals surface area (Å²) in [7, 11) is 0. The average molecular weight is 617 g/mol. The fourth-order valence-corrected chi connectivity index (χ4v) is 6.70. The molecule has 0 atom stereocenters. The summed E-state index contributed by atoms with van der Waals surface area (Å²) in [5, 5.41) is 2.43. The van der Waals surface area contributed by atoms with Crippen LogP contribution in [0.4, 0.5) is 17.1 Å². The number of unbranched alkanes of at least 4 members (excludes halogenated alkanes) is 5. The number of rotatable bonds is 13. The van der Waals surface area contributed by atoms with E-state index in [1.807, 2.05) is 6.07 Å².